The third kappa shape index (κ3) is 12.0. The second kappa shape index (κ2) is 14.6. The molecular formula is C21H36N4O4. The van der Waals surface area contributed by atoms with Crippen molar-refractivity contribution in [3.8, 4) is 5.75 Å². The minimum atomic E-state index is 0.0681. The number of carbonyl (C=O) groups excluding carboxylic acids is 1. The van der Waals surface area contributed by atoms with E-state index in [2.05, 4.69) is 15.6 Å². The smallest absolute Gasteiger partial charge is 0.223 e. The average molecular weight is 409 g/mol. The second-order valence-corrected chi connectivity index (χ2v) is 6.97. The van der Waals surface area contributed by atoms with Crippen LogP contribution in [0.5, 0.6) is 5.75 Å². The molecule has 0 aliphatic rings. The first-order chi connectivity index (χ1) is 13.9. The van der Waals surface area contributed by atoms with E-state index in [1.807, 2.05) is 38.1 Å². The Morgan fingerprint density at radius 2 is 1.86 bits per heavy atom. The molecule has 0 heterocycles. The summed E-state index contributed by atoms with van der Waals surface area (Å²) >= 11 is 0. The highest BCUT2D eigenvalue weighted by Crippen LogP contribution is 2.16. The Morgan fingerprint density at radius 3 is 2.48 bits per heavy atom. The highest BCUT2D eigenvalue weighted by Gasteiger charge is 2.06. The van der Waals surface area contributed by atoms with Gasteiger partial charge in [-0.05, 0) is 44.5 Å². The molecule has 1 amide bonds. The van der Waals surface area contributed by atoms with Crippen molar-refractivity contribution in [2.75, 3.05) is 59.4 Å². The number of amides is 1. The number of hydrogen-bond donors (Lipinski definition) is 2. The van der Waals surface area contributed by atoms with Crippen molar-refractivity contribution in [2.45, 2.75) is 32.8 Å². The van der Waals surface area contributed by atoms with E-state index in [0.29, 0.717) is 45.3 Å². The summed E-state index contributed by atoms with van der Waals surface area (Å²) < 4.78 is 16.1. The quantitative estimate of drug-likeness (QED) is 0.296. The molecule has 0 bridgehead atoms. The maximum absolute atomic E-state index is 11.8. The molecule has 8 heteroatoms. The van der Waals surface area contributed by atoms with Crippen molar-refractivity contribution < 1.29 is 19.0 Å². The predicted molar refractivity (Wildman–Crippen MR) is 117 cm³/mol. The molecule has 0 aliphatic heterocycles. The van der Waals surface area contributed by atoms with E-state index in [0.717, 1.165) is 17.9 Å². The van der Waals surface area contributed by atoms with Gasteiger partial charge in [-0.15, -0.1) is 0 Å². The maximum atomic E-state index is 11.8. The number of anilines is 1. The summed E-state index contributed by atoms with van der Waals surface area (Å²) in [4.78, 5) is 17.9. The molecule has 0 saturated heterocycles. The Kier molecular flexibility index (Phi) is 12.5. The summed E-state index contributed by atoms with van der Waals surface area (Å²) in [6, 6.07) is 7.71. The molecule has 0 radical (unpaired) electrons. The van der Waals surface area contributed by atoms with Crippen molar-refractivity contribution in [3.05, 3.63) is 24.3 Å². The van der Waals surface area contributed by atoms with Gasteiger partial charge in [0.25, 0.3) is 0 Å². The van der Waals surface area contributed by atoms with E-state index >= 15 is 0 Å². The first-order valence-electron chi connectivity index (χ1n) is 10.0. The SMILES string of the molecule is COCCOCCCN=C(NCCC(=O)N(C)C)Nc1ccc(OC(C)C)cc1. The molecule has 0 fully saturated rings. The van der Waals surface area contributed by atoms with Crippen molar-refractivity contribution in [1.82, 2.24) is 10.2 Å². The average Bonchev–Trinajstić information content (AvgIpc) is 2.67. The predicted octanol–water partition coefficient (Wildman–Crippen LogP) is 2.36. The Bertz CT molecular complexity index is 603. The highest BCUT2D eigenvalue weighted by molar-refractivity contribution is 5.93. The summed E-state index contributed by atoms with van der Waals surface area (Å²) in [6.45, 7) is 6.90. The standard InChI is InChI=1S/C21H36N4O4/c1-17(2)29-19-9-7-18(8-10-19)24-21(23-13-11-20(26)25(3)4)22-12-6-14-28-16-15-27-5/h7-10,17H,6,11-16H2,1-5H3,(H2,22,23,24). The van der Waals surface area contributed by atoms with Gasteiger partial charge in [0.05, 0.1) is 19.3 Å². The number of rotatable bonds is 13. The largest absolute Gasteiger partial charge is 0.491 e. The number of nitrogens with zero attached hydrogens (tertiary/aromatic N) is 2. The minimum Gasteiger partial charge on any atom is -0.491 e. The fourth-order valence-corrected chi connectivity index (χ4v) is 2.28. The highest BCUT2D eigenvalue weighted by atomic mass is 16.5. The van der Waals surface area contributed by atoms with Crippen LogP contribution >= 0.6 is 0 Å². The lowest BCUT2D eigenvalue weighted by atomic mass is 10.3. The van der Waals surface area contributed by atoms with Crippen molar-refractivity contribution in [3.63, 3.8) is 0 Å². The number of benzene rings is 1. The molecule has 8 nitrogen and oxygen atoms in total. The monoisotopic (exact) mass is 408 g/mol. The van der Waals surface area contributed by atoms with Crippen LogP contribution in [0.1, 0.15) is 26.7 Å². The molecule has 0 spiro atoms. The molecule has 1 aromatic rings. The zero-order valence-corrected chi connectivity index (χ0v) is 18.4. The van der Waals surface area contributed by atoms with E-state index in [1.165, 1.54) is 0 Å². The maximum Gasteiger partial charge on any atom is 0.223 e. The van der Waals surface area contributed by atoms with Gasteiger partial charge in [-0.3, -0.25) is 9.79 Å². The van der Waals surface area contributed by atoms with Gasteiger partial charge in [0.2, 0.25) is 5.91 Å². The number of ether oxygens (including phenoxy) is 3. The lowest BCUT2D eigenvalue weighted by molar-refractivity contribution is -0.128. The Morgan fingerprint density at radius 1 is 1.14 bits per heavy atom. The van der Waals surface area contributed by atoms with Gasteiger partial charge in [0, 0.05) is 53.0 Å². The third-order valence-electron chi connectivity index (χ3n) is 3.77. The molecule has 1 rings (SSSR count). The lowest BCUT2D eigenvalue weighted by Gasteiger charge is -2.15. The van der Waals surface area contributed by atoms with E-state index in [9.17, 15) is 4.79 Å². The lowest BCUT2D eigenvalue weighted by Crippen LogP contribution is -2.34. The first-order valence-corrected chi connectivity index (χ1v) is 10.0. The topological polar surface area (TPSA) is 84.4 Å². The summed E-state index contributed by atoms with van der Waals surface area (Å²) in [5.41, 5.74) is 0.891. The van der Waals surface area contributed by atoms with Gasteiger partial charge in [-0.25, -0.2) is 0 Å². The van der Waals surface area contributed by atoms with Crippen LogP contribution in [0.2, 0.25) is 0 Å². The minimum absolute atomic E-state index is 0.0681. The summed E-state index contributed by atoms with van der Waals surface area (Å²) in [5.74, 6) is 1.52. The molecule has 0 unspecified atom stereocenters. The van der Waals surface area contributed by atoms with Crippen molar-refractivity contribution in [1.29, 1.82) is 0 Å². The van der Waals surface area contributed by atoms with Crippen LogP contribution in [-0.4, -0.2) is 77.0 Å². The number of aliphatic imine (C=N–C) groups is 1. The van der Waals surface area contributed by atoms with Gasteiger partial charge in [-0.1, -0.05) is 0 Å². The molecule has 164 valence electrons. The molecule has 29 heavy (non-hydrogen) atoms. The Labute approximate surface area is 174 Å². The van der Waals surface area contributed by atoms with Crippen molar-refractivity contribution >= 4 is 17.6 Å². The summed E-state index contributed by atoms with van der Waals surface area (Å²) in [7, 11) is 5.15. The fraction of sp³-hybridized carbons (Fsp3) is 0.619. The zero-order chi connectivity index (χ0) is 21.5. The van der Waals surface area contributed by atoms with Crippen LogP contribution in [0, 0.1) is 0 Å². The number of nitrogens with one attached hydrogen (secondary N) is 2. The molecule has 0 aliphatic carbocycles. The molecule has 0 saturated carbocycles. The Hall–Kier alpha value is -2.32. The molecular weight excluding hydrogens is 372 g/mol. The van der Waals surface area contributed by atoms with Crippen LogP contribution in [0.4, 0.5) is 5.69 Å². The number of hydrogen-bond acceptors (Lipinski definition) is 5. The van der Waals surface area contributed by atoms with Crippen molar-refractivity contribution in [2.24, 2.45) is 4.99 Å². The van der Waals surface area contributed by atoms with Crippen LogP contribution in [-0.2, 0) is 14.3 Å². The fourth-order valence-electron chi connectivity index (χ4n) is 2.28. The van der Waals surface area contributed by atoms with Gasteiger partial charge in [-0.2, -0.15) is 0 Å². The molecule has 2 N–H and O–H groups in total. The van der Waals surface area contributed by atoms with E-state index in [-0.39, 0.29) is 12.0 Å². The summed E-state index contributed by atoms with van der Waals surface area (Å²) in [6.07, 6.45) is 1.33. The third-order valence-corrected chi connectivity index (χ3v) is 3.77. The zero-order valence-electron chi connectivity index (χ0n) is 18.4. The normalized spacial score (nSPS) is 11.4. The molecule has 0 aromatic heterocycles. The molecule has 0 atom stereocenters. The van der Waals surface area contributed by atoms with Gasteiger partial charge in [0.15, 0.2) is 5.96 Å². The number of guanidine groups is 1. The second-order valence-electron chi connectivity index (χ2n) is 6.97. The van der Waals surface area contributed by atoms with E-state index < -0.39 is 0 Å². The Balaban J connectivity index is 2.58. The molecule has 1 aromatic carbocycles. The van der Waals surface area contributed by atoms with E-state index in [1.54, 1.807) is 26.1 Å². The van der Waals surface area contributed by atoms with Crippen LogP contribution in [0.25, 0.3) is 0 Å². The van der Waals surface area contributed by atoms with Crippen LogP contribution < -0.4 is 15.4 Å². The van der Waals surface area contributed by atoms with E-state index in [4.69, 9.17) is 14.2 Å². The number of methoxy groups -OCH3 is 1. The van der Waals surface area contributed by atoms with Gasteiger partial charge >= 0.3 is 0 Å². The number of carbonyl (C=O) groups is 1. The summed E-state index contributed by atoms with van der Waals surface area (Å²) in [5, 5.41) is 6.48. The van der Waals surface area contributed by atoms with Crippen LogP contribution in [0.15, 0.2) is 29.3 Å². The first kappa shape index (κ1) is 24.7. The van der Waals surface area contributed by atoms with Crippen LogP contribution in [0.3, 0.4) is 0 Å². The van der Waals surface area contributed by atoms with Gasteiger partial charge < -0.3 is 29.7 Å². The van der Waals surface area contributed by atoms with Gasteiger partial charge in [0.1, 0.15) is 5.75 Å².